The Balaban J connectivity index is 1.86. The molecule has 2 aromatic rings. The van der Waals surface area contributed by atoms with E-state index in [-0.39, 0.29) is 42.8 Å². The zero-order valence-electron chi connectivity index (χ0n) is 18.0. The van der Waals surface area contributed by atoms with Crippen LogP contribution in [0.2, 0.25) is 0 Å². The topological polar surface area (TPSA) is 88.7 Å². The van der Waals surface area contributed by atoms with Crippen molar-refractivity contribution >= 4 is 17.7 Å². The lowest BCUT2D eigenvalue weighted by Crippen LogP contribution is -2.41. The molecule has 1 aromatic heterocycles. The molecule has 7 nitrogen and oxygen atoms in total. The molecule has 0 spiro atoms. The Morgan fingerprint density at radius 1 is 1.29 bits per heavy atom. The predicted octanol–water partition coefficient (Wildman–Crippen LogP) is 3.45. The number of carbonyl (C=O) groups excluding carboxylic acids is 3. The maximum Gasteiger partial charge on any atom is 0.355 e. The summed E-state index contributed by atoms with van der Waals surface area (Å²) in [4.78, 5) is 42.7. The van der Waals surface area contributed by atoms with E-state index in [1.165, 1.54) is 23.1 Å². The average Bonchev–Trinajstić information content (AvgIpc) is 3.34. The minimum Gasteiger partial charge on any atom is -0.461 e. The fraction of sp³-hybridized carbons (Fsp3) is 0.435. The summed E-state index contributed by atoms with van der Waals surface area (Å²) in [6.45, 7) is 5.92. The SMILES string of the molecule is CCOC(=O)c1[nH]c(C)c(C(=O)CN(CC2CCCO2)C(=O)c2cccc(F)c2)c1C. The molecule has 0 aliphatic carbocycles. The molecule has 0 radical (unpaired) electrons. The van der Waals surface area contributed by atoms with Gasteiger partial charge in [0.1, 0.15) is 11.5 Å². The Morgan fingerprint density at radius 2 is 2.06 bits per heavy atom. The largest absolute Gasteiger partial charge is 0.461 e. The Morgan fingerprint density at radius 3 is 2.71 bits per heavy atom. The lowest BCUT2D eigenvalue weighted by molar-refractivity contribution is 0.0505. The van der Waals surface area contributed by atoms with Crippen LogP contribution in [0, 0.1) is 19.7 Å². The molecule has 1 fully saturated rings. The van der Waals surface area contributed by atoms with Gasteiger partial charge in [0, 0.05) is 30.0 Å². The smallest absolute Gasteiger partial charge is 0.355 e. The number of esters is 1. The Kier molecular flexibility index (Phi) is 7.22. The van der Waals surface area contributed by atoms with Gasteiger partial charge in [-0.3, -0.25) is 9.59 Å². The molecule has 1 unspecified atom stereocenters. The van der Waals surface area contributed by atoms with E-state index in [4.69, 9.17) is 9.47 Å². The summed E-state index contributed by atoms with van der Waals surface area (Å²) < 4.78 is 24.3. The first-order valence-electron chi connectivity index (χ1n) is 10.4. The lowest BCUT2D eigenvalue weighted by atomic mass is 10.0. The van der Waals surface area contributed by atoms with Crippen molar-refractivity contribution in [2.45, 2.75) is 39.7 Å². The number of nitrogens with one attached hydrogen (secondary N) is 1. The molecule has 8 heteroatoms. The second kappa shape index (κ2) is 9.87. The fourth-order valence-electron chi connectivity index (χ4n) is 3.89. The first-order chi connectivity index (χ1) is 14.8. The van der Waals surface area contributed by atoms with Gasteiger partial charge in [-0.2, -0.15) is 0 Å². The maximum atomic E-state index is 13.7. The number of aromatic amines is 1. The van der Waals surface area contributed by atoms with Crippen molar-refractivity contribution in [1.82, 2.24) is 9.88 Å². The van der Waals surface area contributed by atoms with Gasteiger partial charge < -0.3 is 19.4 Å². The van der Waals surface area contributed by atoms with Crippen molar-refractivity contribution < 1.29 is 28.2 Å². The average molecular weight is 430 g/mol. The standard InChI is InChI=1S/C23H27FN2O5/c1-4-30-23(29)21-14(2)20(15(3)25-21)19(27)13-26(12-18-9-6-10-31-18)22(28)16-7-5-8-17(24)11-16/h5,7-8,11,18,25H,4,6,9-10,12-13H2,1-3H3. The van der Waals surface area contributed by atoms with Crippen LogP contribution in [0.15, 0.2) is 24.3 Å². The van der Waals surface area contributed by atoms with Crippen LogP contribution >= 0.6 is 0 Å². The number of ketones is 1. The number of hydrogen-bond donors (Lipinski definition) is 1. The van der Waals surface area contributed by atoms with Gasteiger partial charge in [0.15, 0.2) is 5.78 Å². The number of aryl methyl sites for hydroxylation is 1. The summed E-state index contributed by atoms with van der Waals surface area (Å²) >= 11 is 0. The molecule has 1 amide bonds. The van der Waals surface area contributed by atoms with Crippen LogP contribution in [0.3, 0.4) is 0 Å². The maximum absolute atomic E-state index is 13.7. The molecule has 1 aromatic carbocycles. The van der Waals surface area contributed by atoms with E-state index in [0.717, 1.165) is 18.9 Å². The molecule has 0 bridgehead atoms. The van der Waals surface area contributed by atoms with E-state index in [1.54, 1.807) is 20.8 Å². The molecule has 166 valence electrons. The summed E-state index contributed by atoms with van der Waals surface area (Å²) in [6, 6.07) is 5.39. The van der Waals surface area contributed by atoms with Gasteiger partial charge >= 0.3 is 5.97 Å². The fourth-order valence-corrected chi connectivity index (χ4v) is 3.89. The highest BCUT2D eigenvalue weighted by atomic mass is 19.1. The van der Waals surface area contributed by atoms with Gasteiger partial charge in [-0.25, -0.2) is 9.18 Å². The summed E-state index contributed by atoms with van der Waals surface area (Å²) in [5.74, 6) is -1.82. The number of hydrogen-bond acceptors (Lipinski definition) is 5. The van der Waals surface area contributed by atoms with Crippen LogP contribution in [0.1, 0.15) is 62.2 Å². The summed E-state index contributed by atoms with van der Waals surface area (Å²) in [5.41, 5.74) is 1.76. The minimum atomic E-state index is -0.533. The van der Waals surface area contributed by atoms with Crippen molar-refractivity contribution in [3.63, 3.8) is 0 Å². The molecule has 1 aliphatic heterocycles. The monoisotopic (exact) mass is 430 g/mol. The van der Waals surface area contributed by atoms with Crippen LogP contribution in [0.4, 0.5) is 4.39 Å². The van der Waals surface area contributed by atoms with Gasteiger partial charge in [0.2, 0.25) is 0 Å². The third-order valence-corrected chi connectivity index (χ3v) is 5.34. The molecular formula is C23H27FN2O5. The van der Waals surface area contributed by atoms with E-state index in [9.17, 15) is 18.8 Å². The second-order valence-corrected chi connectivity index (χ2v) is 7.60. The van der Waals surface area contributed by atoms with Crippen molar-refractivity contribution in [3.05, 3.63) is 58.2 Å². The van der Waals surface area contributed by atoms with Crippen LogP contribution in [0.25, 0.3) is 0 Å². The Labute approximate surface area is 180 Å². The van der Waals surface area contributed by atoms with E-state index < -0.39 is 17.7 Å². The third-order valence-electron chi connectivity index (χ3n) is 5.34. The number of benzene rings is 1. The number of amides is 1. The highest BCUT2D eigenvalue weighted by Gasteiger charge is 2.28. The van der Waals surface area contributed by atoms with Crippen LogP contribution in [0.5, 0.6) is 0 Å². The van der Waals surface area contributed by atoms with Crippen molar-refractivity contribution in [1.29, 1.82) is 0 Å². The molecule has 0 saturated carbocycles. The molecular weight excluding hydrogens is 403 g/mol. The molecule has 1 aliphatic rings. The van der Waals surface area contributed by atoms with Crippen LogP contribution in [-0.2, 0) is 9.47 Å². The number of halogens is 1. The Hall–Kier alpha value is -3.00. The minimum absolute atomic E-state index is 0.167. The molecule has 31 heavy (non-hydrogen) atoms. The van der Waals surface area contributed by atoms with E-state index in [2.05, 4.69) is 4.98 Å². The lowest BCUT2D eigenvalue weighted by Gasteiger charge is -2.25. The highest BCUT2D eigenvalue weighted by Crippen LogP contribution is 2.21. The normalized spacial score (nSPS) is 15.7. The van der Waals surface area contributed by atoms with Crippen molar-refractivity contribution in [3.8, 4) is 0 Å². The Bertz CT molecular complexity index is 978. The number of carbonyl (C=O) groups is 3. The first kappa shape index (κ1) is 22.7. The number of nitrogens with zero attached hydrogens (tertiary/aromatic N) is 1. The third kappa shape index (κ3) is 5.19. The van der Waals surface area contributed by atoms with E-state index in [0.29, 0.717) is 23.4 Å². The number of Topliss-reactive ketones (excluding diaryl/α,β-unsaturated/α-hetero) is 1. The highest BCUT2D eigenvalue weighted by molar-refractivity contribution is 6.05. The summed E-state index contributed by atoms with van der Waals surface area (Å²) in [6.07, 6.45) is 1.50. The second-order valence-electron chi connectivity index (χ2n) is 7.60. The molecule has 1 N–H and O–H groups in total. The van der Waals surface area contributed by atoms with Crippen molar-refractivity contribution in [2.24, 2.45) is 0 Å². The van der Waals surface area contributed by atoms with Gasteiger partial charge in [0.25, 0.3) is 5.91 Å². The van der Waals surface area contributed by atoms with Crippen LogP contribution in [-0.4, -0.2) is 60.0 Å². The summed E-state index contributed by atoms with van der Waals surface area (Å²) in [5, 5.41) is 0. The molecule has 1 atom stereocenters. The van der Waals surface area contributed by atoms with Gasteiger partial charge in [-0.15, -0.1) is 0 Å². The number of rotatable bonds is 8. The number of ether oxygens (including phenoxy) is 2. The molecule has 3 rings (SSSR count). The van der Waals surface area contributed by atoms with Gasteiger partial charge in [-0.05, 0) is 57.4 Å². The summed E-state index contributed by atoms with van der Waals surface area (Å²) in [7, 11) is 0. The van der Waals surface area contributed by atoms with Crippen LogP contribution < -0.4 is 0 Å². The first-order valence-corrected chi connectivity index (χ1v) is 10.4. The van der Waals surface area contributed by atoms with E-state index >= 15 is 0 Å². The zero-order valence-corrected chi connectivity index (χ0v) is 18.0. The van der Waals surface area contributed by atoms with Gasteiger partial charge in [-0.1, -0.05) is 6.07 Å². The van der Waals surface area contributed by atoms with E-state index in [1.807, 2.05) is 0 Å². The number of aromatic nitrogens is 1. The molecule has 2 heterocycles. The number of H-pyrrole nitrogens is 1. The predicted molar refractivity (Wildman–Crippen MR) is 112 cm³/mol. The van der Waals surface area contributed by atoms with Gasteiger partial charge in [0.05, 0.1) is 19.3 Å². The quantitative estimate of drug-likeness (QED) is 0.512. The zero-order chi connectivity index (χ0) is 22.5. The molecule has 1 saturated heterocycles. The van der Waals surface area contributed by atoms with Crippen molar-refractivity contribution in [2.75, 3.05) is 26.3 Å².